The maximum Gasteiger partial charge on any atom is 0.0670 e. The van der Waals surface area contributed by atoms with Crippen LogP contribution in [-0.4, -0.2) is 26.3 Å². The molecule has 0 radical (unpaired) electrons. The Hall–Kier alpha value is -0.580. The number of nitrogens with two attached hydrogens (primary N) is 1. The van der Waals surface area contributed by atoms with Crippen molar-refractivity contribution >= 4 is 21.6 Å². The van der Waals surface area contributed by atoms with Crippen LogP contribution in [-0.2, 0) is 11.3 Å². The Kier molecular flexibility index (Phi) is 3.84. The molecular formula is C12H17BrN2O. The Morgan fingerprint density at radius 2 is 2.38 bits per heavy atom. The molecule has 1 unspecified atom stereocenters. The standard InChI is InChI=1S/C12H17BrN2O/c1-15(11-4-5-16-8-11)12-3-2-10(13)6-9(12)7-14/h2-3,6,11H,4-5,7-8,14H2,1H3. The minimum atomic E-state index is 0.478. The summed E-state index contributed by atoms with van der Waals surface area (Å²) in [5, 5.41) is 0. The molecule has 0 spiro atoms. The van der Waals surface area contributed by atoms with E-state index < -0.39 is 0 Å². The molecule has 1 aromatic carbocycles. The highest BCUT2D eigenvalue weighted by molar-refractivity contribution is 9.10. The van der Waals surface area contributed by atoms with E-state index in [0.717, 1.165) is 24.1 Å². The largest absolute Gasteiger partial charge is 0.379 e. The van der Waals surface area contributed by atoms with E-state index in [4.69, 9.17) is 10.5 Å². The number of rotatable bonds is 3. The minimum Gasteiger partial charge on any atom is -0.379 e. The summed E-state index contributed by atoms with van der Waals surface area (Å²) >= 11 is 3.47. The first-order chi connectivity index (χ1) is 7.72. The average Bonchev–Trinajstić information content (AvgIpc) is 2.81. The number of halogens is 1. The van der Waals surface area contributed by atoms with E-state index in [9.17, 15) is 0 Å². The molecule has 1 aromatic rings. The molecule has 1 aliphatic rings. The van der Waals surface area contributed by atoms with Crippen molar-refractivity contribution in [1.29, 1.82) is 0 Å². The number of nitrogens with zero attached hydrogens (tertiary/aromatic N) is 1. The molecule has 0 amide bonds. The molecule has 0 aliphatic carbocycles. The van der Waals surface area contributed by atoms with E-state index >= 15 is 0 Å². The summed E-state index contributed by atoms with van der Waals surface area (Å²) in [6.07, 6.45) is 1.09. The molecule has 1 fully saturated rings. The maximum absolute atomic E-state index is 5.78. The van der Waals surface area contributed by atoms with Crippen molar-refractivity contribution in [2.45, 2.75) is 19.0 Å². The summed E-state index contributed by atoms with van der Waals surface area (Å²) in [5.41, 5.74) is 8.16. The predicted octanol–water partition coefficient (Wildman–Crippen LogP) is 2.13. The van der Waals surface area contributed by atoms with Crippen LogP contribution >= 0.6 is 15.9 Å². The van der Waals surface area contributed by atoms with E-state index in [1.807, 2.05) is 0 Å². The Labute approximate surface area is 105 Å². The fourth-order valence-corrected chi connectivity index (χ4v) is 2.49. The fraction of sp³-hybridized carbons (Fsp3) is 0.500. The van der Waals surface area contributed by atoms with Crippen molar-refractivity contribution in [3.05, 3.63) is 28.2 Å². The molecular weight excluding hydrogens is 268 g/mol. The third kappa shape index (κ3) is 2.39. The van der Waals surface area contributed by atoms with E-state index in [1.165, 1.54) is 11.3 Å². The van der Waals surface area contributed by atoms with Crippen molar-refractivity contribution < 1.29 is 4.74 Å². The summed E-state index contributed by atoms with van der Waals surface area (Å²) in [6.45, 7) is 2.24. The molecule has 2 N–H and O–H groups in total. The third-order valence-electron chi connectivity index (χ3n) is 3.09. The van der Waals surface area contributed by atoms with Gasteiger partial charge in [0.2, 0.25) is 0 Å². The Morgan fingerprint density at radius 3 is 3.00 bits per heavy atom. The first kappa shape index (κ1) is 11.9. The van der Waals surface area contributed by atoms with Crippen LogP contribution in [0.4, 0.5) is 5.69 Å². The van der Waals surface area contributed by atoms with Gasteiger partial charge in [-0.3, -0.25) is 0 Å². The van der Waals surface area contributed by atoms with Crippen LogP contribution in [0.1, 0.15) is 12.0 Å². The van der Waals surface area contributed by atoms with Gasteiger partial charge in [-0.1, -0.05) is 15.9 Å². The number of likely N-dealkylation sites (N-methyl/N-ethyl adjacent to an activating group) is 1. The molecule has 0 bridgehead atoms. The van der Waals surface area contributed by atoms with Gasteiger partial charge in [-0.2, -0.15) is 0 Å². The van der Waals surface area contributed by atoms with Crippen molar-refractivity contribution in [2.24, 2.45) is 5.73 Å². The summed E-state index contributed by atoms with van der Waals surface area (Å²) in [7, 11) is 2.11. The second kappa shape index (κ2) is 5.17. The fourth-order valence-electron chi connectivity index (χ4n) is 2.09. The number of benzene rings is 1. The zero-order chi connectivity index (χ0) is 11.5. The molecule has 88 valence electrons. The zero-order valence-electron chi connectivity index (χ0n) is 9.45. The van der Waals surface area contributed by atoms with Crippen molar-refractivity contribution in [1.82, 2.24) is 0 Å². The van der Waals surface area contributed by atoms with Crippen molar-refractivity contribution in [3.63, 3.8) is 0 Å². The second-order valence-corrected chi connectivity index (χ2v) is 5.02. The van der Waals surface area contributed by atoms with Crippen LogP contribution in [0, 0.1) is 0 Å². The second-order valence-electron chi connectivity index (χ2n) is 4.11. The lowest BCUT2D eigenvalue weighted by atomic mass is 10.1. The Balaban J connectivity index is 2.24. The molecule has 1 aliphatic heterocycles. The lowest BCUT2D eigenvalue weighted by Crippen LogP contribution is -2.32. The van der Waals surface area contributed by atoms with Crippen LogP contribution in [0.3, 0.4) is 0 Å². The molecule has 4 heteroatoms. The van der Waals surface area contributed by atoms with Crippen LogP contribution in [0.15, 0.2) is 22.7 Å². The van der Waals surface area contributed by atoms with Gasteiger partial charge in [0.05, 0.1) is 12.6 Å². The van der Waals surface area contributed by atoms with Crippen LogP contribution in [0.5, 0.6) is 0 Å². The van der Waals surface area contributed by atoms with Crippen molar-refractivity contribution in [2.75, 3.05) is 25.2 Å². The van der Waals surface area contributed by atoms with Crippen LogP contribution in [0.2, 0.25) is 0 Å². The van der Waals surface area contributed by atoms with Gasteiger partial charge in [-0.15, -0.1) is 0 Å². The quantitative estimate of drug-likeness (QED) is 0.924. The third-order valence-corrected chi connectivity index (χ3v) is 3.59. The highest BCUT2D eigenvalue weighted by Gasteiger charge is 2.21. The molecule has 1 saturated heterocycles. The number of ether oxygens (including phenoxy) is 1. The summed E-state index contributed by atoms with van der Waals surface area (Å²) in [6, 6.07) is 6.74. The predicted molar refractivity (Wildman–Crippen MR) is 69.7 cm³/mol. The minimum absolute atomic E-state index is 0.478. The molecule has 3 nitrogen and oxygen atoms in total. The van der Waals surface area contributed by atoms with Gasteiger partial charge in [0, 0.05) is 30.4 Å². The van der Waals surface area contributed by atoms with Gasteiger partial charge >= 0.3 is 0 Å². The Morgan fingerprint density at radius 1 is 1.56 bits per heavy atom. The van der Waals surface area contributed by atoms with Gasteiger partial charge in [0.1, 0.15) is 0 Å². The summed E-state index contributed by atoms with van der Waals surface area (Å²) < 4.78 is 6.49. The highest BCUT2D eigenvalue weighted by Crippen LogP contribution is 2.26. The van der Waals surface area contributed by atoms with Gasteiger partial charge in [0.25, 0.3) is 0 Å². The van der Waals surface area contributed by atoms with E-state index in [0.29, 0.717) is 12.6 Å². The molecule has 0 saturated carbocycles. The smallest absolute Gasteiger partial charge is 0.0670 e. The molecule has 2 rings (SSSR count). The van der Waals surface area contributed by atoms with Gasteiger partial charge < -0.3 is 15.4 Å². The highest BCUT2D eigenvalue weighted by atomic mass is 79.9. The SMILES string of the molecule is CN(c1ccc(Br)cc1CN)C1CCOC1. The molecule has 1 heterocycles. The Bertz CT molecular complexity index is 364. The monoisotopic (exact) mass is 284 g/mol. The first-order valence-corrected chi connectivity index (χ1v) is 6.30. The average molecular weight is 285 g/mol. The topological polar surface area (TPSA) is 38.5 Å². The lowest BCUT2D eigenvalue weighted by molar-refractivity contribution is 0.193. The van der Waals surface area contributed by atoms with Gasteiger partial charge in [-0.25, -0.2) is 0 Å². The lowest BCUT2D eigenvalue weighted by Gasteiger charge is -2.27. The van der Waals surface area contributed by atoms with E-state index in [1.54, 1.807) is 0 Å². The summed E-state index contributed by atoms with van der Waals surface area (Å²) in [4.78, 5) is 2.28. The maximum atomic E-state index is 5.78. The molecule has 0 aromatic heterocycles. The van der Waals surface area contributed by atoms with E-state index in [-0.39, 0.29) is 0 Å². The number of anilines is 1. The number of hydrogen-bond donors (Lipinski definition) is 1. The zero-order valence-corrected chi connectivity index (χ0v) is 11.0. The molecule has 1 atom stereocenters. The number of hydrogen-bond acceptors (Lipinski definition) is 3. The molecule has 16 heavy (non-hydrogen) atoms. The van der Waals surface area contributed by atoms with Crippen molar-refractivity contribution in [3.8, 4) is 0 Å². The first-order valence-electron chi connectivity index (χ1n) is 5.51. The van der Waals surface area contributed by atoms with Crippen LogP contribution < -0.4 is 10.6 Å². The van der Waals surface area contributed by atoms with Gasteiger partial charge in [0.15, 0.2) is 0 Å². The summed E-state index contributed by atoms with van der Waals surface area (Å²) in [5.74, 6) is 0. The normalized spacial score (nSPS) is 20.1. The van der Waals surface area contributed by atoms with E-state index in [2.05, 4.69) is 46.1 Å². The van der Waals surface area contributed by atoms with Gasteiger partial charge in [-0.05, 0) is 30.2 Å². The van der Waals surface area contributed by atoms with Crippen LogP contribution in [0.25, 0.3) is 0 Å².